The van der Waals surface area contributed by atoms with Crippen molar-refractivity contribution < 1.29 is 14.4 Å². The molecule has 156 valence electrons. The molecule has 0 saturated carbocycles. The second-order valence-electron chi connectivity index (χ2n) is 6.88. The molecule has 2 aromatic rings. The number of halogens is 2. The number of hydrogen-bond acceptors (Lipinski definition) is 7. The average molecular weight is 442 g/mol. The predicted octanol–water partition coefficient (Wildman–Crippen LogP) is 3.29. The zero-order valence-electron chi connectivity index (χ0n) is 16.3. The summed E-state index contributed by atoms with van der Waals surface area (Å²) in [7, 11) is 1.56. The number of nitrogens with one attached hydrogen (secondary N) is 3. The van der Waals surface area contributed by atoms with E-state index in [1.807, 2.05) is 13.8 Å². The van der Waals surface area contributed by atoms with Crippen LogP contribution in [0.4, 0.5) is 10.5 Å². The van der Waals surface area contributed by atoms with Crippen molar-refractivity contribution in [1.29, 1.82) is 0 Å². The van der Waals surface area contributed by atoms with Gasteiger partial charge in [0.1, 0.15) is 6.17 Å². The van der Waals surface area contributed by atoms with Gasteiger partial charge in [0, 0.05) is 24.4 Å². The van der Waals surface area contributed by atoms with E-state index in [2.05, 4.69) is 26.0 Å². The molecule has 1 aromatic carbocycles. The lowest BCUT2D eigenvalue weighted by atomic mass is 10.1. The van der Waals surface area contributed by atoms with Crippen molar-refractivity contribution in [1.82, 2.24) is 20.6 Å². The van der Waals surface area contributed by atoms with Crippen LogP contribution in [0, 0.1) is 6.92 Å². The number of nitrogens with zero attached hydrogens (tertiary/aromatic N) is 2. The molecule has 29 heavy (non-hydrogen) atoms. The minimum atomic E-state index is -0.543. The number of benzene rings is 1. The zero-order valence-corrected chi connectivity index (χ0v) is 17.8. The third kappa shape index (κ3) is 4.58. The molecule has 2 heterocycles. The highest BCUT2D eigenvalue weighted by Crippen LogP contribution is 2.41. The molecule has 1 aliphatic rings. The van der Waals surface area contributed by atoms with Gasteiger partial charge in [-0.25, -0.2) is 9.48 Å². The highest BCUT2D eigenvalue weighted by atomic mass is 35.5. The predicted molar refractivity (Wildman–Crippen MR) is 110 cm³/mol. The summed E-state index contributed by atoms with van der Waals surface area (Å²) in [6.45, 7) is 5.98. The molecule has 9 nitrogen and oxygen atoms in total. The molecule has 1 fully saturated rings. The number of rotatable bonds is 6. The van der Waals surface area contributed by atoms with E-state index in [4.69, 9.17) is 27.9 Å². The topological polar surface area (TPSA) is 107 Å². The van der Waals surface area contributed by atoms with Crippen LogP contribution in [0.1, 0.15) is 30.9 Å². The first kappa shape index (κ1) is 21.2. The quantitative estimate of drug-likeness (QED) is 0.630. The lowest BCUT2D eigenvalue weighted by Gasteiger charge is -2.17. The number of amides is 1. The molecule has 1 unspecified atom stereocenters. The minimum absolute atomic E-state index is 0.00646. The Morgan fingerprint density at radius 2 is 2.07 bits per heavy atom. The Morgan fingerprint density at radius 1 is 1.34 bits per heavy atom. The second kappa shape index (κ2) is 8.48. The van der Waals surface area contributed by atoms with Gasteiger partial charge in [0.05, 0.1) is 16.6 Å². The summed E-state index contributed by atoms with van der Waals surface area (Å²) in [5.41, 5.74) is 4.31. The molecule has 1 aliphatic heterocycles. The van der Waals surface area contributed by atoms with Gasteiger partial charge >= 0.3 is 6.09 Å². The summed E-state index contributed by atoms with van der Waals surface area (Å²) in [6, 6.07) is 3.26. The van der Waals surface area contributed by atoms with Crippen molar-refractivity contribution >= 4 is 35.0 Å². The molecular formula is C18H21Cl2N5O4. The monoisotopic (exact) mass is 441 g/mol. The molecular weight excluding hydrogens is 421 g/mol. The van der Waals surface area contributed by atoms with Gasteiger partial charge in [-0.15, -0.1) is 10.6 Å². The van der Waals surface area contributed by atoms with Gasteiger partial charge in [0.2, 0.25) is 5.88 Å². The van der Waals surface area contributed by atoms with Crippen molar-refractivity contribution in [3.05, 3.63) is 43.7 Å². The first-order chi connectivity index (χ1) is 13.7. The summed E-state index contributed by atoms with van der Waals surface area (Å²) in [5, 5.41) is 10.4. The van der Waals surface area contributed by atoms with Crippen LogP contribution in [0.25, 0.3) is 0 Å². The Labute approximate surface area is 177 Å². The normalized spacial score (nSPS) is 16.0. The van der Waals surface area contributed by atoms with Gasteiger partial charge < -0.3 is 14.9 Å². The highest BCUT2D eigenvalue weighted by Gasteiger charge is 2.23. The average Bonchev–Trinajstić information content (AvgIpc) is 3.08. The molecule has 3 rings (SSSR count). The van der Waals surface area contributed by atoms with Crippen LogP contribution in [0.5, 0.6) is 11.6 Å². The van der Waals surface area contributed by atoms with Crippen LogP contribution < -0.4 is 26.4 Å². The molecule has 1 amide bonds. The Bertz CT molecular complexity index is 1010. The number of hydroxylamine groups is 1. The molecule has 1 saturated heterocycles. The first-order valence-electron chi connectivity index (χ1n) is 8.88. The maximum absolute atomic E-state index is 12.2. The summed E-state index contributed by atoms with van der Waals surface area (Å²) in [4.78, 5) is 27.9. The van der Waals surface area contributed by atoms with Gasteiger partial charge in [0.15, 0.2) is 5.75 Å². The number of hydrogen-bond donors (Lipinski definition) is 3. The second-order valence-corrected chi connectivity index (χ2v) is 7.67. The van der Waals surface area contributed by atoms with Crippen molar-refractivity contribution in [3.8, 4) is 11.6 Å². The molecule has 0 radical (unpaired) electrons. The number of anilines is 1. The Kier molecular flexibility index (Phi) is 6.21. The van der Waals surface area contributed by atoms with Gasteiger partial charge in [0.25, 0.3) is 5.56 Å². The molecule has 0 bridgehead atoms. The SMILES string of the molecule is Cc1c(NCC2NOC(=O)N2)cc(Cl)c(Oc2cc(C(C)C)c(=O)n(C)n2)c1Cl. The van der Waals surface area contributed by atoms with E-state index in [0.29, 0.717) is 28.4 Å². The van der Waals surface area contributed by atoms with E-state index in [1.54, 1.807) is 26.1 Å². The lowest BCUT2D eigenvalue weighted by Crippen LogP contribution is -2.38. The number of ether oxygens (including phenoxy) is 1. The van der Waals surface area contributed by atoms with E-state index in [9.17, 15) is 9.59 Å². The van der Waals surface area contributed by atoms with Crippen LogP contribution in [0.2, 0.25) is 10.0 Å². The number of carbonyl (C=O) groups excluding carboxylic acids is 1. The van der Waals surface area contributed by atoms with Gasteiger partial charge in [-0.1, -0.05) is 37.0 Å². The van der Waals surface area contributed by atoms with E-state index >= 15 is 0 Å². The third-order valence-electron chi connectivity index (χ3n) is 4.40. The number of aryl methyl sites for hydroxylation is 1. The van der Waals surface area contributed by atoms with Crippen LogP contribution in [-0.4, -0.2) is 28.6 Å². The van der Waals surface area contributed by atoms with E-state index in [0.717, 1.165) is 0 Å². The van der Waals surface area contributed by atoms with E-state index in [-0.39, 0.29) is 34.3 Å². The van der Waals surface area contributed by atoms with E-state index in [1.165, 1.54) is 4.68 Å². The summed E-state index contributed by atoms with van der Waals surface area (Å²) in [6.07, 6.45) is -0.932. The summed E-state index contributed by atoms with van der Waals surface area (Å²) < 4.78 is 7.07. The van der Waals surface area contributed by atoms with Crippen molar-refractivity contribution in [2.45, 2.75) is 32.9 Å². The van der Waals surface area contributed by atoms with Crippen LogP contribution in [-0.2, 0) is 11.9 Å². The first-order valence-corrected chi connectivity index (χ1v) is 9.64. The smallest absolute Gasteiger partial charge is 0.427 e. The minimum Gasteiger partial charge on any atom is -0.434 e. The van der Waals surface area contributed by atoms with Crippen LogP contribution >= 0.6 is 23.2 Å². The molecule has 0 aliphatic carbocycles. The molecule has 1 aromatic heterocycles. The van der Waals surface area contributed by atoms with Crippen molar-refractivity contribution in [3.63, 3.8) is 0 Å². The maximum Gasteiger partial charge on any atom is 0.427 e. The highest BCUT2D eigenvalue weighted by molar-refractivity contribution is 6.38. The summed E-state index contributed by atoms with van der Waals surface area (Å²) in [5.74, 6) is 0.467. The van der Waals surface area contributed by atoms with Crippen LogP contribution in [0.15, 0.2) is 16.9 Å². The Hall–Kier alpha value is -2.49. The summed E-state index contributed by atoms with van der Waals surface area (Å²) >= 11 is 12.9. The molecule has 1 atom stereocenters. The largest absolute Gasteiger partial charge is 0.434 e. The molecule has 3 N–H and O–H groups in total. The fourth-order valence-electron chi connectivity index (χ4n) is 2.77. The number of aromatic nitrogens is 2. The fourth-order valence-corrected chi connectivity index (χ4v) is 3.31. The number of carbonyl (C=O) groups is 1. The van der Waals surface area contributed by atoms with E-state index < -0.39 is 6.09 Å². The molecule has 11 heteroatoms. The van der Waals surface area contributed by atoms with Crippen molar-refractivity contribution in [2.24, 2.45) is 7.05 Å². The standard InChI is InChI=1S/C18H21Cl2N5O4/c1-8(2)10-5-14(23-25(4)17(10)26)28-16-11(19)6-12(9(3)15(16)20)21-7-13-22-18(27)29-24-13/h5-6,8,13,21,24H,7H2,1-4H3,(H,22,27). The lowest BCUT2D eigenvalue weighted by molar-refractivity contribution is 0.123. The van der Waals surface area contributed by atoms with Crippen LogP contribution in [0.3, 0.4) is 0 Å². The Balaban J connectivity index is 1.85. The fraction of sp³-hybridized carbons (Fsp3) is 0.389. The maximum atomic E-state index is 12.2. The third-order valence-corrected chi connectivity index (χ3v) is 5.14. The van der Waals surface area contributed by atoms with Gasteiger partial charge in [-0.05, 0) is 24.5 Å². The Morgan fingerprint density at radius 3 is 2.69 bits per heavy atom. The molecule has 0 spiro atoms. The van der Waals surface area contributed by atoms with Gasteiger partial charge in [-0.2, -0.15) is 0 Å². The zero-order chi connectivity index (χ0) is 21.3. The van der Waals surface area contributed by atoms with Crippen molar-refractivity contribution in [2.75, 3.05) is 11.9 Å². The van der Waals surface area contributed by atoms with Gasteiger partial charge in [-0.3, -0.25) is 10.1 Å².